The number of thiazole rings is 1. The molecule has 4 nitrogen and oxygen atoms in total. The highest BCUT2D eigenvalue weighted by Gasteiger charge is 2.52. The number of amides is 2. The number of nitrogens with zero attached hydrogens (tertiary/aromatic N) is 2. The molecule has 0 aromatic carbocycles. The van der Waals surface area contributed by atoms with Gasteiger partial charge in [-0.3, -0.25) is 14.5 Å². The summed E-state index contributed by atoms with van der Waals surface area (Å²) in [5.74, 6) is 0.724. The van der Waals surface area contributed by atoms with Crippen molar-refractivity contribution in [2.24, 2.45) is 17.8 Å². The first-order valence-electron chi connectivity index (χ1n) is 6.98. The van der Waals surface area contributed by atoms with Crippen molar-refractivity contribution in [1.29, 1.82) is 0 Å². The molecule has 1 aromatic heterocycles. The van der Waals surface area contributed by atoms with E-state index in [-0.39, 0.29) is 23.7 Å². The first-order chi connectivity index (χ1) is 9.63. The van der Waals surface area contributed by atoms with Crippen LogP contribution in [0.3, 0.4) is 0 Å². The minimum absolute atomic E-state index is 0.00132. The Balaban J connectivity index is 1.73. The zero-order chi connectivity index (χ0) is 14.3. The normalized spacial score (nSPS) is 29.3. The number of hydrogen-bond donors (Lipinski definition) is 0. The predicted octanol–water partition coefficient (Wildman–Crippen LogP) is 2.80. The van der Waals surface area contributed by atoms with Crippen LogP contribution in [0.15, 0.2) is 5.38 Å². The quantitative estimate of drug-likeness (QED) is 0.634. The van der Waals surface area contributed by atoms with E-state index in [0.717, 1.165) is 30.0 Å². The molecule has 0 radical (unpaired) electrons. The molecule has 3 rings (SSSR count). The number of imide groups is 1. The Kier molecular flexibility index (Phi) is 3.82. The molecule has 2 atom stereocenters. The van der Waals surface area contributed by atoms with Crippen LogP contribution in [0.25, 0.3) is 0 Å². The highest BCUT2D eigenvalue weighted by molar-refractivity contribution is 7.09. The van der Waals surface area contributed by atoms with E-state index in [4.69, 9.17) is 11.6 Å². The van der Waals surface area contributed by atoms with Gasteiger partial charge in [0.25, 0.3) is 0 Å². The minimum atomic E-state index is -0.0834. The van der Waals surface area contributed by atoms with Crippen molar-refractivity contribution >= 4 is 34.8 Å². The molecule has 1 saturated heterocycles. The molecule has 0 bridgehead atoms. The van der Waals surface area contributed by atoms with Crippen molar-refractivity contribution in [3.05, 3.63) is 16.1 Å². The summed E-state index contributed by atoms with van der Waals surface area (Å²) in [6, 6.07) is 0. The van der Waals surface area contributed by atoms with E-state index in [1.807, 2.05) is 5.38 Å². The predicted molar refractivity (Wildman–Crippen MR) is 77.2 cm³/mol. The van der Waals surface area contributed by atoms with E-state index in [9.17, 15) is 9.59 Å². The van der Waals surface area contributed by atoms with Crippen LogP contribution in [0.4, 0.5) is 0 Å². The summed E-state index contributed by atoms with van der Waals surface area (Å²) in [5.41, 5.74) is 0.803. The van der Waals surface area contributed by atoms with E-state index in [2.05, 4.69) is 11.9 Å². The summed E-state index contributed by atoms with van der Waals surface area (Å²) >= 11 is 7.18. The molecule has 2 unspecified atom stereocenters. The molecule has 1 aliphatic carbocycles. The fraction of sp³-hybridized carbons (Fsp3) is 0.643. The monoisotopic (exact) mass is 312 g/mol. The van der Waals surface area contributed by atoms with E-state index in [1.165, 1.54) is 16.2 Å². The number of hydrogen-bond acceptors (Lipinski definition) is 4. The van der Waals surface area contributed by atoms with E-state index < -0.39 is 0 Å². The Bertz CT molecular complexity index is 521. The van der Waals surface area contributed by atoms with Gasteiger partial charge in [-0.15, -0.1) is 22.9 Å². The van der Waals surface area contributed by atoms with Gasteiger partial charge in [0.2, 0.25) is 11.8 Å². The average Bonchev–Trinajstić information content (AvgIpc) is 3.13. The van der Waals surface area contributed by atoms with E-state index in [1.54, 1.807) is 0 Å². The lowest BCUT2D eigenvalue weighted by molar-refractivity contribution is -0.141. The number of likely N-dealkylation sites (tertiary alicyclic amines) is 1. The summed E-state index contributed by atoms with van der Waals surface area (Å²) in [5, 5.41) is 2.66. The molecule has 6 heteroatoms. The van der Waals surface area contributed by atoms with Crippen molar-refractivity contribution in [2.45, 2.75) is 38.6 Å². The van der Waals surface area contributed by atoms with Gasteiger partial charge in [-0.25, -0.2) is 4.98 Å². The van der Waals surface area contributed by atoms with Crippen molar-refractivity contribution in [2.75, 3.05) is 0 Å². The Morgan fingerprint density at radius 3 is 2.50 bits per heavy atom. The molecule has 0 spiro atoms. The number of halogens is 1. The Morgan fingerprint density at radius 1 is 1.35 bits per heavy atom. The van der Waals surface area contributed by atoms with E-state index in [0.29, 0.717) is 18.3 Å². The summed E-state index contributed by atoms with van der Waals surface area (Å²) in [6.45, 7) is 2.44. The number of carbonyl (C=O) groups excluding carboxylic acids is 2. The SMILES string of the molecule is CCC1CC2C(=O)N(Cc3nc(CCl)cs3)C(=O)C2C1. The number of carbonyl (C=O) groups is 2. The number of alkyl halides is 1. The molecule has 1 saturated carbocycles. The molecule has 108 valence electrons. The third kappa shape index (κ3) is 2.27. The molecule has 2 amide bonds. The zero-order valence-corrected chi connectivity index (χ0v) is 12.9. The van der Waals surface area contributed by atoms with E-state index >= 15 is 0 Å². The number of fused-ring (bicyclic) bond motifs is 1. The maximum absolute atomic E-state index is 12.4. The Hall–Kier alpha value is -0.940. The van der Waals surface area contributed by atoms with Crippen LogP contribution in [-0.4, -0.2) is 21.7 Å². The standard InChI is InChI=1S/C14H17ClN2O2S/c1-2-8-3-10-11(4-8)14(19)17(13(10)18)6-12-16-9(5-15)7-20-12/h7-8,10-11H,2-6H2,1H3. The van der Waals surface area contributed by atoms with Crippen molar-refractivity contribution < 1.29 is 9.59 Å². The maximum atomic E-state index is 12.4. The van der Waals surface area contributed by atoms with Crippen LogP contribution >= 0.6 is 22.9 Å². The van der Waals surface area contributed by atoms with Crippen LogP contribution in [0, 0.1) is 17.8 Å². The summed E-state index contributed by atoms with van der Waals surface area (Å²) in [4.78, 5) is 30.5. The number of aromatic nitrogens is 1. The second-order valence-corrected chi connectivity index (χ2v) is 6.80. The lowest BCUT2D eigenvalue weighted by Gasteiger charge is -2.16. The van der Waals surface area contributed by atoms with Gasteiger partial charge in [-0.1, -0.05) is 13.3 Å². The van der Waals surface area contributed by atoms with Crippen LogP contribution < -0.4 is 0 Å². The van der Waals surface area contributed by atoms with Gasteiger partial charge in [-0.05, 0) is 18.8 Å². The highest BCUT2D eigenvalue weighted by Crippen LogP contribution is 2.44. The van der Waals surface area contributed by atoms with Gasteiger partial charge in [0.15, 0.2) is 0 Å². The van der Waals surface area contributed by atoms with Gasteiger partial charge in [0, 0.05) is 5.38 Å². The van der Waals surface area contributed by atoms with Crippen LogP contribution in [-0.2, 0) is 22.0 Å². The molecular weight excluding hydrogens is 296 g/mol. The summed E-state index contributed by atoms with van der Waals surface area (Å²) in [7, 11) is 0. The van der Waals surface area contributed by atoms with Gasteiger partial charge >= 0.3 is 0 Å². The van der Waals surface area contributed by atoms with Gasteiger partial charge in [0.05, 0.1) is 30.0 Å². The van der Waals surface area contributed by atoms with Crippen molar-refractivity contribution in [3.8, 4) is 0 Å². The topological polar surface area (TPSA) is 50.3 Å². The summed E-state index contributed by atoms with van der Waals surface area (Å²) in [6.07, 6.45) is 2.79. The third-order valence-electron chi connectivity index (χ3n) is 4.43. The maximum Gasteiger partial charge on any atom is 0.233 e. The molecular formula is C14H17ClN2O2S. The highest BCUT2D eigenvalue weighted by atomic mass is 35.5. The third-order valence-corrected chi connectivity index (χ3v) is 5.59. The molecule has 2 heterocycles. The average molecular weight is 313 g/mol. The Morgan fingerprint density at radius 2 is 2.00 bits per heavy atom. The van der Waals surface area contributed by atoms with Crippen LogP contribution in [0.1, 0.15) is 36.9 Å². The van der Waals surface area contributed by atoms with Crippen LogP contribution in [0.2, 0.25) is 0 Å². The zero-order valence-electron chi connectivity index (χ0n) is 11.3. The number of rotatable bonds is 4. The molecule has 1 aromatic rings. The first-order valence-corrected chi connectivity index (χ1v) is 8.39. The van der Waals surface area contributed by atoms with Crippen molar-refractivity contribution in [1.82, 2.24) is 9.88 Å². The minimum Gasteiger partial charge on any atom is -0.275 e. The van der Waals surface area contributed by atoms with Crippen LogP contribution in [0.5, 0.6) is 0 Å². The van der Waals surface area contributed by atoms with Crippen molar-refractivity contribution in [3.63, 3.8) is 0 Å². The lowest BCUT2D eigenvalue weighted by atomic mass is 10.00. The molecule has 0 N–H and O–H groups in total. The fourth-order valence-corrected chi connectivity index (χ4v) is 4.32. The van der Waals surface area contributed by atoms with Gasteiger partial charge in [-0.2, -0.15) is 0 Å². The lowest BCUT2D eigenvalue weighted by Crippen LogP contribution is -2.31. The smallest absolute Gasteiger partial charge is 0.233 e. The fourth-order valence-electron chi connectivity index (χ4n) is 3.31. The molecule has 2 aliphatic rings. The molecule has 1 aliphatic heterocycles. The van der Waals surface area contributed by atoms with Gasteiger partial charge in [0.1, 0.15) is 5.01 Å². The second-order valence-electron chi connectivity index (χ2n) is 5.59. The molecule has 20 heavy (non-hydrogen) atoms. The second kappa shape index (κ2) is 5.45. The molecule has 2 fully saturated rings. The Labute approximate surface area is 127 Å². The summed E-state index contributed by atoms with van der Waals surface area (Å²) < 4.78 is 0. The van der Waals surface area contributed by atoms with Gasteiger partial charge < -0.3 is 0 Å². The largest absolute Gasteiger partial charge is 0.275 e. The first kappa shape index (κ1) is 14.0.